The van der Waals surface area contributed by atoms with Crippen LogP contribution >= 0.6 is 11.6 Å². The monoisotopic (exact) mass is 224 g/mol. The van der Waals surface area contributed by atoms with Crippen LogP contribution in [0.1, 0.15) is 30.4 Å². The van der Waals surface area contributed by atoms with E-state index in [0.717, 1.165) is 23.8 Å². The van der Waals surface area contributed by atoms with Crippen molar-refractivity contribution in [1.29, 1.82) is 0 Å². The first kappa shape index (κ1) is 10.8. The summed E-state index contributed by atoms with van der Waals surface area (Å²) in [6.45, 7) is 2.90. The molecule has 15 heavy (non-hydrogen) atoms. The van der Waals surface area contributed by atoms with Crippen LogP contribution in [-0.4, -0.2) is 6.61 Å². The maximum atomic E-state index is 5.88. The highest BCUT2D eigenvalue weighted by molar-refractivity contribution is 6.17. The summed E-state index contributed by atoms with van der Waals surface area (Å²) in [5.41, 5.74) is 2.29. The molecule has 1 aromatic carbocycles. The van der Waals surface area contributed by atoms with Crippen LogP contribution in [0.2, 0.25) is 0 Å². The van der Waals surface area contributed by atoms with Crippen LogP contribution in [0.4, 0.5) is 0 Å². The molecule has 0 heterocycles. The average molecular weight is 225 g/mol. The molecule has 0 aromatic heterocycles. The smallest absolute Gasteiger partial charge is 0.126 e. The second-order valence-corrected chi connectivity index (χ2v) is 4.54. The normalized spacial score (nSPS) is 15.3. The molecule has 2 rings (SSSR count). The third-order valence-electron chi connectivity index (χ3n) is 2.91. The number of hydrogen-bond acceptors (Lipinski definition) is 1. The second-order valence-electron chi connectivity index (χ2n) is 4.28. The van der Waals surface area contributed by atoms with Crippen LogP contribution in [0.5, 0.6) is 5.75 Å². The Kier molecular flexibility index (Phi) is 3.53. The molecule has 0 spiro atoms. The lowest BCUT2D eigenvalue weighted by Crippen LogP contribution is -2.02. The van der Waals surface area contributed by atoms with Gasteiger partial charge in [0, 0.05) is 5.56 Å². The summed E-state index contributed by atoms with van der Waals surface area (Å²) >= 11 is 5.88. The minimum absolute atomic E-state index is 0.528. The van der Waals surface area contributed by atoms with E-state index in [2.05, 4.69) is 13.0 Å². The molecule has 1 saturated carbocycles. The number of para-hydroxylation sites is 1. The summed E-state index contributed by atoms with van der Waals surface area (Å²) in [5.74, 6) is 2.45. The minimum Gasteiger partial charge on any atom is -0.493 e. The van der Waals surface area contributed by atoms with Crippen molar-refractivity contribution in [2.24, 2.45) is 5.92 Å². The number of alkyl halides is 1. The lowest BCUT2D eigenvalue weighted by atomic mass is 10.1. The molecule has 0 amide bonds. The van der Waals surface area contributed by atoms with Gasteiger partial charge in [-0.3, -0.25) is 0 Å². The summed E-state index contributed by atoms with van der Waals surface area (Å²) in [4.78, 5) is 0. The Labute approximate surface area is 96.4 Å². The summed E-state index contributed by atoms with van der Waals surface area (Å²) < 4.78 is 5.83. The van der Waals surface area contributed by atoms with Gasteiger partial charge >= 0.3 is 0 Å². The lowest BCUT2D eigenvalue weighted by molar-refractivity contribution is 0.298. The third-order valence-corrected chi connectivity index (χ3v) is 3.19. The zero-order valence-electron chi connectivity index (χ0n) is 9.13. The van der Waals surface area contributed by atoms with Gasteiger partial charge in [0.25, 0.3) is 0 Å². The second kappa shape index (κ2) is 4.89. The van der Waals surface area contributed by atoms with E-state index in [4.69, 9.17) is 16.3 Å². The van der Waals surface area contributed by atoms with Crippen LogP contribution in [0.3, 0.4) is 0 Å². The minimum atomic E-state index is 0.528. The molecule has 1 aliphatic carbocycles. The topological polar surface area (TPSA) is 9.23 Å². The zero-order valence-corrected chi connectivity index (χ0v) is 9.89. The van der Waals surface area contributed by atoms with Gasteiger partial charge in [0.2, 0.25) is 0 Å². The van der Waals surface area contributed by atoms with Crippen LogP contribution in [0, 0.1) is 12.8 Å². The molecule has 0 aliphatic heterocycles. The highest BCUT2D eigenvalue weighted by Crippen LogP contribution is 2.33. The fraction of sp³-hybridized carbons (Fsp3) is 0.538. The number of ether oxygens (including phenoxy) is 1. The molecule has 0 atom stereocenters. The van der Waals surface area contributed by atoms with Crippen molar-refractivity contribution in [1.82, 2.24) is 0 Å². The van der Waals surface area contributed by atoms with Crippen molar-refractivity contribution in [3.05, 3.63) is 29.3 Å². The summed E-state index contributed by atoms with van der Waals surface area (Å²) in [6.07, 6.45) is 3.97. The van der Waals surface area contributed by atoms with E-state index in [9.17, 15) is 0 Å². The summed E-state index contributed by atoms with van der Waals surface area (Å²) in [5, 5.41) is 0. The average Bonchev–Trinajstić information content (AvgIpc) is 3.04. The first-order valence-electron chi connectivity index (χ1n) is 5.58. The van der Waals surface area contributed by atoms with E-state index in [0.29, 0.717) is 5.88 Å². The molecule has 0 unspecified atom stereocenters. The van der Waals surface area contributed by atoms with Gasteiger partial charge in [-0.15, -0.1) is 11.6 Å². The van der Waals surface area contributed by atoms with Gasteiger partial charge in [0.05, 0.1) is 12.5 Å². The van der Waals surface area contributed by atoms with E-state index in [1.807, 2.05) is 12.1 Å². The standard InChI is InChI=1S/C13H17ClO/c1-10-3-2-4-12(9-14)13(10)15-8-7-11-5-6-11/h2-4,11H,5-9H2,1H3. The Bertz CT molecular complexity index is 331. The first-order chi connectivity index (χ1) is 7.31. The van der Waals surface area contributed by atoms with Gasteiger partial charge in [-0.25, -0.2) is 0 Å². The van der Waals surface area contributed by atoms with Crippen molar-refractivity contribution in [2.75, 3.05) is 6.61 Å². The molecule has 2 heteroatoms. The summed E-state index contributed by atoms with van der Waals surface area (Å²) in [7, 11) is 0. The number of halogens is 1. The molecule has 0 saturated heterocycles. The molecule has 0 bridgehead atoms. The van der Waals surface area contributed by atoms with Crippen molar-refractivity contribution in [2.45, 2.75) is 32.1 Å². The Morgan fingerprint density at radius 2 is 2.20 bits per heavy atom. The highest BCUT2D eigenvalue weighted by atomic mass is 35.5. The molecule has 1 fully saturated rings. The van der Waals surface area contributed by atoms with Crippen molar-refractivity contribution >= 4 is 11.6 Å². The Morgan fingerprint density at radius 1 is 1.40 bits per heavy atom. The van der Waals surface area contributed by atoms with Gasteiger partial charge in [-0.2, -0.15) is 0 Å². The third kappa shape index (κ3) is 2.88. The Balaban J connectivity index is 1.97. The maximum absolute atomic E-state index is 5.88. The predicted molar refractivity (Wildman–Crippen MR) is 63.6 cm³/mol. The van der Waals surface area contributed by atoms with Crippen LogP contribution in [0.25, 0.3) is 0 Å². The van der Waals surface area contributed by atoms with E-state index < -0.39 is 0 Å². The SMILES string of the molecule is Cc1cccc(CCl)c1OCCC1CC1. The molecule has 1 nitrogen and oxygen atoms in total. The van der Waals surface area contributed by atoms with Gasteiger partial charge in [0.1, 0.15) is 5.75 Å². The number of aryl methyl sites for hydroxylation is 1. The van der Waals surface area contributed by atoms with Crippen molar-refractivity contribution in [3.8, 4) is 5.75 Å². The van der Waals surface area contributed by atoms with Crippen LogP contribution in [0.15, 0.2) is 18.2 Å². The molecule has 0 N–H and O–H groups in total. The van der Waals surface area contributed by atoms with Gasteiger partial charge in [-0.1, -0.05) is 31.0 Å². The van der Waals surface area contributed by atoms with Crippen LogP contribution in [-0.2, 0) is 5.88 Å². The number of rotatable bonds is 5. The molecule has 82 valence electrons. The fourth-order valence-electron chi connectivity index (χ4n) is 1.76. The largest absolute Gasteiger partial charge is 0.493 e. The van der Waals surface area contributed by atoms with E-state index in [1.165, 1.54) is 24.8 Å². The van der Waals surface area contributed by atoms with Gasteiger partial charge in [-0.05, 0) is 24.8 Å². The van der Waals surface area contributed by atoms with Crippen molar-refractivity contribution < 1.29 is 4.74 Å². The Hall–Kier alpha value is -0.690. The lowest BCUT2D eigenvalue weighted by Gasteiger charge is -2.12. The number of hydrogen-bond donors (Lipinski definition) is 0. The molecule has 0 radical (unpaired) electrons. The van der Waals surface area contributed by atoms with Gasteiger partial charge < -0.3 is 4.74 Å². The fourth-order valence-corrected chi connectivity index (χ4v) is 1.97. The first-order valence-corrected chi connectivity index (χ1v) is 6.12. The quantitative estimate of drug-likeness (QED) is 0.689. The van der Waals surface area contributed by atoms with Crippen molar-refractivity contribution in [3.63, 3.8) is 0 Å². The molecule has 1 aromatic rings. The molecule has 1 aliphatic rings. The maximum Gasteiger partial charge on any atom is 0.126 e. The predicted octanol–water partition coefficient (Wildman–Crippen LogP) is 3.91. The Morgan fingerprint density at radius 3 is 2.87 bits per heavy atom. The van der Waals surface area contributed by atoms with E-state index in [1.54, 1.807) is 0 Å². The van der Waals surface area contributed by atoms with Crippen LogP contribution < -0.4 is 4.74 Å². The van der Waals surface area contributed by atoms with E-state index >= 15 is 0 Å². The molecular formula is C13H17ClO. The number of benzene rings is 1. The summed E-state index contributed by atoms with van der Waals surface area (Å²) in [6, 6.07) is 6.13. The highest BCUT2D eigenvalue weighted by Gasteiger charge is 2.21. The molecular weight excluding hydrogens is 208 g/mol. The van der Waals surface area contributed by atoms with Gasteiger partial charge in [0.15, 0.2) is 0 Å². The van der Waals surface area contributed by atoms with E-state index in [-0.39, 0.29) is 0 Å². The zero-order chi connectivity index (χ0) is 10.7.